The Morgan fingerprint density at radius 3 is 2.88 bits per heavy atom. The van der Waals surface area contributed by atoms with Gasteiger partial charge < -0.3 is 10.6 Å². The van der Waals surface area contributed by atoms with E-state index < -0.39 is 5.54 Å². The third-order valence-electron chi connectivity index (χ3n) is 2.34. The number of carbonyl (C=O) groups excluding carboxylic acids is 1. The normalized spacial score (nSPS) is 11.4. The number of hydrogen-bond donors (Lipinski definition) is 2. The molecule has 90 valence electrons. The van der Waals surface area contributed by atoms with Crippen molar-refractivity contribution in [1.82, 2.24) is 15.6 Å². The van der Waals surface area contributed by atoms with Crippen LogP contribution >= 0.6 is 11.3 Å². The highest BCUT2D eigenvalue weighted by Gasteiger charge is 2.25. The number of likely N-dealkylation sites (N-methyl/N-ethyl adjacent to an activating group) is 1. The minimum atomic E-state index is -0.503. The van der Waals surface area contributed by atoms with Crippen molar-refractivity contribution in [2.75, 3.05) is 13.1 Å². The molecule has 5 heteroatoms. The van der Waals surface area contributed by atoms with E-state index in [1.54, 1.807) is 16.8 Å². The van der Waals surface area contributed by atoms with Crippen LogP contribution in [0.3, 0.4) is 0 Å². The summed E-state index contributed by atoms with van der Waals surface area (Å²) in [6.07, 6.45) is 0.789. The first kappa shape index (κ1) is 13.1. The van der Waals surface area contributed by atoms with Gasteiger partial charge in [-0.3, -0.25) is 4.79 Å². The molecule has 0 saturated heterocycles. The Morgan fingerprint density at radius 1 is 1.56 bits per heavy atom. The number of nitrogens with zero attached hydrogens (tertiary/aromatic N) is 1. The molecular weight excluding hydrogens is 222 g/mol. The lowest BCUT2D eigenvalue weighted by Gasteiger charge is -2.24. The SMILES string of the molecule is CCNC(C)(C)C(=O)NCCc1cscn1. The van der Waals surface area contributed by atoms with Gasteiger partial charge in [-0.15, -0.1) is 11.3 Å². The van der Waals surface area contributed by atoms with Gasteiger partial charge in [0, 0.05) is 18.3 Å². The Bertz CT molecular complexity index is 322. The zero-order valence-corrected chi connectivity index (χ0v) is 10.9. The van der Waals surface area contributed by atoms with Crippen LogP contribution in [0.2, 0.25) is 0 Å². The molecule has 16 heavy (non-hydrogen) atoms. The first-order valence-electron chi connectivity index (χ1n) is 5.46. The Balaban J connectivity index is 2.30. The second-order valence-electron chi connectivity index (χ2n) is 4.14. The molecule has 0 atom stereocenters. The summed E-state index contributed by atoms with van der Waals surface area (Å²) in [5.41, 5.74) is 2.34. The number of hydrogen-bond acceptors (Lipinski definition) is 4. The second-order valence-corrected chi connectivity index (χ2v) is 4.86. The first-order chi connectivity index (χ1) is 7.56. The van der Waals surface area contributed by atoms with Crippen LogP contribution in [-0.2, 0) is 11.2 Å². The van der Waals surface area contributed by atoms with Gasteiger partial charge >= 0.3 is 0 Å². The largest absolute Gasteiger partial charge is 0.354 e. The van der Waals surface area contributed by atoms with E-state index >= 15 is 0 Å². The molecule has 4 nitrogen and oxygen atoms in total. The first-order valence-corrected chi connectivity index (χ1v) is 6.41. The molecule has 0 spiro atoms. The molecule has 0 aromatic carbocycles. The fourth-order valence-corrected chi connectivity index (χ4v) is 2.00. The molecule has 0 unspecified atom stereocenters. The molecule has 0 aliphatic rings. The lowest BCUT2D eigenvalue weighted by Crippen LogP contribution is -2.52. The number of amides is 1. The number of rotatable bonds is 6. The van der Waals surface area contributed by atoms with Gasteiger partial charge in [0.05, 0.1) is 16.7 Å². The molecule has 1 heterocycles. The molecule has 0 saturated carbocycles. The van der Waals surface area contributed by atoms with Crippen molar-refractivity contribution in [3.05, 3.63) is 16.6 Å². The summed E-state index contributed by atoms with van der Waals surface area (Å²) in [4.78, 5) is 16.0. The highest BCUT2D eigenvalue weighted by Crippen LogP contribution is 2.03. The maximum absolute atomic E-state index is 11.8. The van der Waals surface area contributed by atoms with E-state index in [9.17, 15) is 4.79 Å². The second kappa shape index (κ2) is 5.96. The van der Waals surface area contributed by atoms with Crippen molar-refractivity contribution in [2.24, 2.45) is 0 Å². The van der Waals surface area contributed by atoms with Crippen molar-refractivity contribution in [3.8, 4) is 0 Å². The van der Waals surface area contributed by atoms with E-state index in [0.29, 0.717) is 6.54 Å². The fourth-order valence-electron chi connectivity index (χ4n) is 1.41. The van der Waals surface area contributed by atoms with E-state index in [1.165, 1.54) is 0 Å². The Morgan fingerprint density at radius 2 is 2.31 bits per heavy atom. The van der Waals surface area contributed by atoms with E-state index in [0.717, 1.165) is 18.7 Å². The van der Waals surface area contributed by atoms with Crippen molar-refractivity contribution in [3.63, 3.8) is 0 Å². The standard InChI is InChI=1S/C11H19N3OS/c1-4-14-11(2,3)10(15)12-6-5-9-7-16-8-13-9/h7-8,14H,4-6H2,1-3H3,(H,12,15). The van der Waals surface area contributed by atoms with Gasteiger partial charge in [0.1, 0.15) is 0 Å². The topological polar surface area (TPSA) is 54.0 Å². The summed E-state index contributed by atoms with van der Waals surface area (Å²) in [5, 5.41) is 8.05. The lowest BCUT2D eigenvalue weighted by molar-refractivity contribution is -0.126. The van der Waals surface area contributed by atoms with Gasteiger partial charge in [0.25, 0.3) is 0 Å². The number of carbonyl (C=O) groups is 1. The van der Waals surface area contributed by atoms with Crippen molar-refractivity contribution in [2.45, 2.75) is 32.7 Å². The van der Waals surface area contributed by atoms with Crippen LogP contribution in [0.5, 0.6) is 0 Å². The number of nitrogens with one attached hydrogen (secondary N) is 2. The molecule has 0 radical (unpaired) electrons. The molecule has 1 aromatic heterocycles. The van der Waals surface area contributed by atoms with Crippen LogP contribution in [0.25, 0.3) is 0 Å². The predicted molar refractivity (Wildman–Crippen MR) is 66.6 cm³/mol. The molecule has 1 rings (SSSR count). The summed E-state index contributed by atoms with van der Waals surface area (Å²) in [6.45, 7) is 7.18. The molecule has 0 aliphatic carbocycles. The molecule has 0 fully saturated rings. The fraction of sp³-hybridized carbons (Fsp3) is 0.636. The maximum Gasteiger partial charge on any atom is 0.239 e. The van der Waals surface area contributed by atoms with Crippen LogP contribution in [0.1, 0.15) is 26.5 Å². The zero-order chi connectivity index (χ0) is 12.0. The summed E-state index contributed by atoms with van der Waals surface area (Å²) in [6, 6.07) is 0. The summed E-state index contributed by atoms with van der Waals surface area (Å²) in [5.74, 6) is 0.0320. The van der Waals surface area contributed by atoms with E-state index in [-0.39, 0.29) is 5.91 Å². The maximum atomic E-state index is 11.8. The van der Waals surface area contributed by atoms with Crippen molar-refractivity contribution in [1.29, 1.82) is 0 Å². The molecular formula is C11H19N3OS. The minimum absolute atomic E-state index is 0.0320. The van der Waals surface area contributed by atoms with Crippen LogP contribution in [0, 0.1) is 0 Å². The monoisotopic (exact) mass is 241 g/mol. The summed E-state index contributed by atoms with van der Waals surface area (Å²) in [7, 11) is 0. The van der Waals surface area contributed by atoms with Crippen LogP contribution in [0.4, 0.5) is 0 Å². The van der Waals surface area contributed by atoms with Gasteiger partial charge in [0.2, 0.25) is 5.91 Å². The summed E-state index contributed by atoms with van der Waals surface area (Å²) >= 11 is 1.58. The third-order valence-corrected chi connectivity index (χ3v) is 2.97. The molecule has 0 aliphatic heterocycles. The van der Waals surface area contributed by atoms with Crippen molar-refractivity contribution >= 4 is 17.2 Å². The average Bonchev–Trinajstić information content (AvgIpc) is 2.70. The van der Waals surface area contributed by atoms with E-state index in [1.807, 2.05) is 26.2 Å². The van der Waals surface area contributed by atoms with Crippen LogP contribution < -0.4 is 10.6 Å². The highest BCUT2D eigenvalue weighted by atomic mass is 32.1. The Kier molecular flexibility index (Phi) is 4.89. The van der Waals surface area contributed by atoms with Gasteiger partial charge in [-0.2, -0.15) is 0 Å². The average molecular weight is 241 g/mol. The quantitative estimate of drug-likeness (QED) is 0.786. The Hall–Kier alpha value is -0.940. The lowest BCUT2D eigenvalue weighted by atomic mass is 10.0. The Labute approximate surface area is 100 Å². The molecule has 2 N–H and O–H groups in total. The van der Waals surface area contributed by atoms with Gasteiger partial charge in [-0.05, 0) is 20.4 Å². The highest BCUT2D eigenvalue weighted by molar-refractivity contribution is 7.07. The van der Waals surface area contributed by atoms with Gasteiger partial charge in [0.15, 0.2) is 0 Å². The number of thiazole rings is 1. The van der Waals surface area contributed by atoms with E-state index in [4.69, 9.17) is 0 Å². The minimum Gasteiger partial charge on any atom is -0.354 e. The summed E-state index contributed by atoms with van der Waals surface area (Å²) < 4.78 is 0. The molecule has 0 bridgehead atoms. The van der Waals surface area contributed by atoms with Gasteiger partial charge in [-0.25, -0.2) is 4.98 Å². The predicted octanol–water partition coefficient (Wildman–Crippen LogP) is 1.19. The molecule has 1 amide bonds. The smallest absolute Gasteiger partial charge is 0.239 e. The van der Waals surface area contributed by atoms with Crippen molar-refractivity contribution < 1.29 is 4.79 Å². The van der Waals surface area contributed by atoms with Crippen LogP contribution in [-0.4, -0.2) is 29.5 Å². The third kappa shape index (κ3) is 3.90. The van der Waals surface area contributed by atoms with Gasteiger partial charge in [-0.1, -0.05) is 6.92 Å². The zero-order valence-electron chi connectivity index (χ0n) is 10.0. The molecule has 1 aromatic rings. The van der Waals surface area contributed by atoms with Crippen LogP contribution in [0.15, 0.2) is 10.9 Å². The number of aromatic nitrogens is 1. The van der Waals surface area contributed by atoms with E-state index in [2.05, 4.69) is 15.6 Å².